The van der Waals surface area contributed by atoms with Gasteiger partial charge in [-0.2, -0.15) is 0 Å². The first kappa shape index (κ1) is 12.6. The van der Waals surface area contributed by atoms with E-state index < -0.39 is 11.4 Å². The molecule has 98 valence electrons. The van der Waals surface area contributed by atoms with Gasteiger partial charge in [0.2, 0.25) is 0 Å². The molecule has 0 unspecified atom stereocenters. The zero-order valence-corrected chi connectivity index (χ0v) is 10.9. The van der Waals surface area contributed by atoms with Crippen molar-refractivity contribution in [1.82, 2.24) is 5.32 Å². The summed E-state index contributed by atoms with van der Waals surface area (Å²) in [4.78, 5) is 11.1. The maximum Gasteiger partial charge on any atom is 0.407 e. The molecular weight excluding hydrogens is 222 g/mol. The smallest absolute Gasteiger partial charge is 0.407 e. The van der Waals surface area contributed by atoms with Crippen LogP contribution in [0, 0.1) is 0 Å². The van der Waals surface area contributed by atoms with Gasteiger partial charge >= 0.3 is 6.09 Å². The molecule has 0 spiro atoms. The number of nitrogens with one attached hydrogen (secondary N) is 1. The summed E-state index contributed by atoms with van der Waals surface area (Å²) < 4.78 is 16.9. The first-order valence-corrected chi connectivity index (χ1v) is 6.18. The maximum absolute atomic E-state index is 11.1. The lowest BCUT2D eigenvalue weighted by Crippen LogP contribution is -2.54. The van der Waals surface area contributed by atoms with Crippen LogP contribution in [0.25, 0.3) is 0 Å². The van der Waals surface area contributed by atoms with Gasteiger partial charge in [0.05, 0.1) is 12.1 Å². The van der Waals surface area contributed by atoms with Crippen molar-refractivity contribution >= 4 is 6.09 Å². The predicted octanol–water partition coefficient (Wildman–Crippen LogP) is 1.81. The van der Waals surface area contributed by atoms with E-state index >= 15 is 0 Å². The molecule has 2 heterocycles. The fraction of sp³-hybridized carbons (Fsp3) is 0.917. The molecule has 17 heavy (non-hydrogen) atoms. The number of alkyl carbamates (subject to hydrolysis) is 1. The molecule has 2 rings (SSSR count). The summed E-state index contributed by atoms with van der Waals surface area (Å²) in [5, 5.41) is 2.80. The van der Waals surface area contributed by atoms with Gasteiger partial charge < -0.3 is 19.5 Å². The Morgan fingerprint density at radius 3 is 2.65 bits per heavy atom. The SMILES string of the molecule is CCC[C@H]1OC(C)(C)O[C@@]1(C)[C@H]1COC(=O)N1. The van der Waals surface area contributed by atoms with Crippen molar-refractivity contribution in [1.29, 1.82) is 0 Å². The van der Waals surface area contributed by atoms with Crippen LogP contribution in [0.4, 0.5) is 4.79 Å². The van der Waals surface area contributed by atoms with E-state index in [-0.39, 0.29) is 18.2 Å². The molecule has 0 radical (unpaired) electrons. The van der Waals surface area contributed by atoms with Gasteiger partial charge in [0.25, 0.3) is 0 Å². The normalized spacial score (nSPS) is 40.1. The molecule has 0 aromatic carbocycles. The van der Waals surface area contributed by atoms with Crippen LogP contribution in [0.1, 0.15) is 40.5 Å². The first-order chi connectivity index (χ1) is 7.87. The minimum Gasteiger partial charge on any atom is -0.447 e. The number of carbonyl (C=O) groups excluding carboxylic acids is 1. The Bertz CT molecular complexity index is 318. The lowest BCUT2D eigenvalue weighted by Gasteiger charge is -2.33. The van der Waals surface area contributed by atoms with Crippen molar-refractivity contribution in [3.05, 3.63) is 0 Å². The quantitative estimate of drug-likeness (QED) is 0.821. The Hall–Kier alpha value is -0.810. The Labute approximate surface area is 102 Å². The van der Waals surface area contributed by atoms with E-state index in [1.807, 2.05) is 20.8 Å². The van der Waals surface area contributed by atoms with Crippen LogP contribution in [0.5, 0.6) is 0 Å². The molecule has 5 heteroatoms. The van der Waals surface area contributed by atoms with Gasteiger partial charge in [0, 0.05) is 0 Å². The van der Waals surface area contributed by atoms with Crippen LogP contribution >= 0.6 is 0 Å². The molecule has 5 nitrogen and oxygen atoms in total. The molecule has 0 aliphatic carbocycles. The van der Waals surface area contributed by atoms with Crippen LogP contribution in [0.2, 0.25) is 0 Å². The minimum atomic E-state index is -0.609. The van der Waals surface area contributed by atoms with Crippen LogP contribution in [-0.2, 0) is 14.2 Å². The first-order valence-electron chi connectivity index (χ1n) is 6.18. The van der Waals surface area contributed by atoms with Gasteiger partial charge in [0.1, 0.15) is 12.2 Å². The van der Waals surface area contributed by atoms with E-state index in [9.17, 15) is 4.79 Å². The highest BCUT2D eigenvalue weighted by Crippen LogP contribution is 2.41. The van der Waals surface area contributed by atoms with Crippen LogP contribution in [0.3, 0.4) is 0 Å². The van der Waals surface area contributed by atoms with Gasteiger partial charge in [-0.25, -0.2) is 4.79 Å². The van der Waals surface area contributed by atoms with Crippen molar-refractivity contribution in [2.75, 3.05) is 6.61 Å². The lowest BCUT2D eigenvalue weighted by atomic mass is 9.88. The fourth-order valence-electron chi connectivity index (χ4n) is 2.68. The van der Waals surface area contributed by atoms with Crippen molar-refractivity contribution < 1.29 is 19.0 Å². The van der Waals surface area contributed by atoms with Crippen LogP contribution in [0.15, 0.2) is 0 Å². The summed E-state index contributed by atoms with van der Waals surface area (Å²) in [5.74, 6) is -0.609. The molecule has 1 N–H and O–H groups in total. The van der Waals surface area contributed by atoms with E-state index in [2.05, 4.69) is 12.2 Å². The summed E-state index contributed by atoms with van der Waals surface area (Å²) in [6.07, 6.45) is 1.53. The highest BCUT2D eigenvalue weighted by molar-refractivity contribution is 5.70. The molecule has 0 aromatic rings. The molecule has 2 saturated heterocycles. The molecule has 2 aliphatic rings. The van der Waals surface area contributed by atoms with Crippen molar-refractivity contribution in [2.45, 2.75) is 64.1 Å². The standard InChI is InChI=1S/C12H21NO4/c1-5-6-9-12(4,17-11(2,3)16-9)8-7-15-10(14)13-8/h8-9H,5-7H2,1-4H3,(H,13,14)/t8-,9-,12+/m1/s1. The summed E-state index contributed by atoms with van der Waals surface area (Å²) in [6, 6.07) is -0.145. The van der Waals surface area contributed by atoms with Crippen molar-refractivity contribution in [2.24, 2.45) is 0 Å². The Morgan fingerprint density at radius 1 is 1.41 bits per heavy atom. The second-order valence-electron chi connectivity index (χ2n) is 5.38. The Kier molecular flexibility index (Phi) is 3.08. The third-order valence-electron chi connectivity index (χ3n) is 3.45. The molecule has 0 aromatic heterocycles. The van der Waals surface area contributed by atoms with E-state index in [0.717, 1.165) is 12.8 Å². The zero-order valence-electron chi connectivity index (χ0n) is 10.9. The average molecular weight is 243 g/mol. The number of hydrogen-bond acceptors (Lipinski definition) is 4. The minimum absolute atomic E-state index is 0.0190. The largest absolute Gasteiger partial charge is 0.447 e. The molecular formula is C12H21NO4. The number of rotatable bonds is 3. The van der Waals surface area contributed by atoms with Crippen molar-refractivity contribution in [3.63, 3.8) is 0 Å². The molecule has 3 atom stereocenters. The molecule has 0 bridgehead atoms. The second kappa shape index (κ2) is 4.14. The molecule has 2 fully saturated rings. The van der Waals surface area contributed by atoms with Crippen molar-refractivity contribution in [3.8, 4) is 0 Å². The number of carbonyl (C=O) groups is 1. The van der Waals surface area contributed by atoms with E-state index in [1.165, 1.54) is 0 Å². The monoisotopic (exact) mass is 243 g/mol. The summed E-state index contributed by atoms with van der Waals surface area (Å²) in [5.41, 5.74) is -0.522. The molecule has 1 amide bonds. The third kappa shape index (κ3) is 2.26. The summed E-state index contributed by atoms with van der Waals surface area (Å²) in [6.45, 7) is 8.24. The van der Waals surface area contributed by atoms with E-state index in [4.69, 9.17) is 14.2 Å². The van der Waals surface area contributed by atoms with E-state index in [0.29, 0.717) is 6.61 Å². The fourth-order valence-corrected chi connectivity index (χ4v) is 2.68. The maximum atomic E-state index is 11.1. The van der Waals surface area contributed by atoms with Gasteiger partial charge in [0.15, 0.2) is 5.79 Å². The second-order valence-corrected chi connectivity index (χ2v) is 5.38. The Balaban J connectivity index is 2.17. The Morgan fingerprint density at radius 2 is 2.12 bits per heavy atom. The highest BCUT2D eigenvalue weighted by Gasteiger charge is 2.56. The summed E-state index contributed by atoms with van der Waals surface area (Å²) in [7, 11) is 0. The summed E-state index contributed by atoms with van der Waals surface area (Å²) >= 11 is 0. The van der Waals surface area contributed by atoms with Crippen LogP contribution in [-0.4, -0.2) is 36.2 Å². The van der Waals surface area contributed by atoms with Crippen LogP contribution < -0.4 is 5.32 Å². The molecule has 0 saturated carbocycles. The van der Waals surface area contributed by atoms with Gasteiger partial charge in [-0.15, -0.1) is 0 Å². The predicted molar refractivity (Wildman–Crippen MR) is 61.6 cm³/mol. The van der Waals surface area contributed by atoms with Gasteiger partial charge in [-0.05, 0) is 27.2 Å². The van der Waals surface area contributed by atoms with E-state index in [1.54, 1.807) is 0 Å². The van der Waals surface area contributed by atoms with Gasteiger partial charge in [-0.1, -0.05) is 13.3 Å². The van der Waals surface area contributed by atoms with Gasteiger partial charge in [-0.3, -0.25) is 0 Å². The number of amides is 1. The zero-order chi connectivity index (χ0) is 12.7. The number of ether oxygens (including phenoxy) is 3. The third-order valence-corrected chi connectivity index (χ3v) is 3.45. The average Bonchev–Trinajstić information content (AvgIpc) is 2.71. The highest BCUT2D eigenvalue weighted by atomic mass is 16.8. The number of cyclic esters (lactones) is 1. The molecule has 2 aliphatic heterocycles. The topological polar surface area (TPSA) is 56.8 Å². The number of hydrogen-bond donors (Lipinski definition) is 1. The lowest BCUT2D eigenvalue weighted by molar-refractivity contribution is -0.164.